The fourth-order valence-corrected chi connectivity index (χ4v) is 1.97. The summed E-state index contributed by atoms with van der Waals surface area (Å²) in [6.45, 7) is 1.58. The molecule has 1 saturated heterocycles. The number of nitrogens with one attached hydrogen (secondary N) is 1. The normalized spacial score (nSPS) is 19.2. The molecule has 0 bridgehead atoms. The maximum atomic E-state index is 11.1. The largest absolute Gasteiger partial charge is 0.490 e. The van der Waals surface area contributed by atoms with Gasteiger partial charge in [0.15, 0.2) is 0 Å². The van der Waals surface area contributed by atoms with E-state index in [9.17, 15) is 4.79 Å². The minimum absolute atomic E-state index is 0.101. The minimum Gasteiger partial charge on any atom is -0.490 e. The molecule has 6 heteroatoms. The molecular formula is C11H14ClN3O2. The fraction of sp³-hybridized carbons (Fsp3) is 0.455. The summed E-state index contributed by atoms with van der Waals surface area (Å²) >= 11 is 5.74. The molecule has 0 aliphatic carbocycles. The molecule has 5 nitrogen and oxygen atoms in total. The number of carbonyl (C=O) groups excluding carboxylic acids is 1. The molecule has 2 rings (SSSR count). The van der Waals surface area contributed by atoms with Gasteiger partial charge in [-0.3, -0.25) is 4.79 Å². The third kappa shape index (κ3) is 3.08. The van der Waals surface area contributed by atoms with Crippen LogP contribution in [0.4, 0.5) is 0 Å². The monoisotopic (exact) mass is 255 g/mol. The standard InChI is InChI=1S/C11H14ClN3O2/c12-10-9(11(13)16)4-8(5-15-10)17-6-7-2-1-3-14-7/h4-5,7,14H,1-3,6H2,(H2,13,16)/t7-/m1/s1. The Morgan fingerprint density at radius 1 is 1.71 bits per heavy atom. The number of carbonyl (C=O) groups is 1. The van der Waals surface area contributed by atoms with Gasteiger partial charge in [0.1, 0.15) is 17.5 Å². The van der Waals surface area contributed by atoms with Crippen molar-refractivity contribution in [3.63, 3.8) is 0 Å². The zero-order chi connectivity index (χ0) is 12.3. The third-order valence-corrected chi connectivity index (χ3v) is 2.99. The second-order valence-corrected chi connectivity index (χ2v) is 4.34. The number of pyridine rings is 1. The van der Waals surface area contributed by atoms with E-state index in [1.165, 1.54) is 18.7 Å². The Morgan fingerprint density at radius 3 is 3.18 bits per heavy atom. The Hall–Kier alpha value is -1.33. The van der Waals surface area contributed by atoms with Crippen LogP contribution in [0, 0.1) is 0 Å². The van der Waals surface area contributed by atoms with Crippen LogP contribution in [0.5, 0.6) is 5.75 Å². The number of halogens is 1. The first-order chi connectivity index (χ1) is 8.16. The predicted molar refractivity (Wildman–Crippen MR) is 64.3 cm³/mol. The van der Waals surface area contributed by atoms with Crippen LogP contribution in [-0.4, -0.2) is 30.1 Å². The molecule has 92 valence electrons. The third-order valence-electron chi connectivity index (χ3n) is 2.69. The van der Waals surface area contributed by atoms with Crippen molar-refractivity contribution in [2.75, 3.05) is 13.2 Å². The van der Waals surface area contributed by atoms with Gasteiger partial charge in [-0.25, -0.2) is 4.98 Å². The Morgan fingerprint density at radius 2 is 2.53 bits per heavy atom. The molecule has 1 aromatic heterocycles. The second kappa shape index (κ2) is 5.33. The maximum absolute atomic E-state index is 11.1. The molecule has 0 spiro atoms. The predicted octanol–water partition coefficient (Wildman–Crippen LogP) is 0.965. The van der Waals surface area contributed by atoms with E-state index < -0.39 is 5.91 Å². The molecular weight excluding hydrogens is 242 g/mol. The van der Waals surface area contributed by atoms with E-state index in [-0.39, 0.29) is 10.7 Å². The summed E-state index contributed by atoms with van der Waals surface area (Å²) in [6.07, 6.45) is 3.76. The molecule has 0 unspecified atom stereocenters. The van der Waals surface area contributed by atoms with Crippen LogP contribution in [0.25, 0.3) is 0 Å². The molecule has 0 radical (unpaired) electrons. The van der Waals surface area contributed by atoms with Gasteiger partial charge in [0, 0.05) is 6.04 Å². The highest BCUT2D eigenvalue weighted by molar-refractivity contribution is 6.32. The lowest BCUT2D eigenvalue weighted by Gasteiger charge is -2.12. The van der Waals surface area contributed by atoms with E-state index in [1.54, 1.807) is 0 Å². The molecule has 1 atom stereocenters. The smallest absolute Gasteiger partial charge is 0.251 e. The molecule has 2 heterocycles. The number of nitrogens with zero attached hydrogens (tertiary/aromatic N) is 1. The van der Waals surface area contributed by atoms with Gasteiger partial charge in [-0.15, -0.1) is 0 Å². The average Bonchev–Trinajstić information content (AvgIpc) is 2.80. The first kappa shape index (κ1) is 12.1. The number of hydrogen-bond acceptors (Lipinski definition) is 4. The van der Waals surface area contributed by atoms with Crippen LogP contribution in [0.15, 0.2) is 12.3 Å². The lowest BCUT2D eigenvalue weighted by atomic mass is 10.2. The zero-order valence-electron chi connectivity index (χ0n) is 9.28. The Kier molecular flexibility index (Phi) is 3.81. The van der Waals surface area contributed by atoms with Gasteiger partial charge in [0.25, 0.3) is 5.91 Å². The van der Waals surface area contributed by atoms with Crippen molar-refractivity contribution in [2.45, 2.75) is 18.9 Å². The van der Waals surface area contributed by atoms with Crippen LogP contribution in [0.2, 0.25) is 5.15 Å². The molecule has 17 heavy (non-hydrogen) atoms. The number of nitrogens with two attached hydrogens (primary N) is 1. The molecule has 1 amide bonds. The van der Waals surface area contributed by atoms with E-state index in [2.05, 4.69) is 10.3 Å². The van der Waals surface area contributed by atoms with Crippen LogP contribution < -0.4 is 15.8 Å². The van der Waals surface area contributed by atoms with Crippen molar-refractivity contribution in [3.05, 3.63) is 23.0 Å². The minimum atomic E-state index is -0.605. The Balaban J connectivity index is 2.00. The summed E-state index contributed by atoms with van der Waals surface area (Å²) < 4.78 is 5.54. The first-order valence-electron chi connectivity index (χ1n) is 5.48. The van der Waals surface area contributed by atoms with Crippen molar-refractivity contribution < 1.29 is 9.53 Å². The second-order valence-electron chi connectivity index (χ2n) is 3.98. The summed E-state index contributed by atoms with van der Waals surface area (Å²) in [5.41, 5.74) is 5.35. The van der Waals surface area contributed by atoms with Gasteiger partial charge in [-0.1, -0.05) is 11.6 Å². The highest BCUT2D eigenvalue weighted by Crippen LogP contribution is 2.19. The molecule has 1 aromatic rings. The average molecular weight is 256 g/mol. The number of aromatic nitrogens is 1. The van der Waals surface area contributed by atoms with Crippen molar-refractivity contribution in [1.82, 2.24) is 10.3 Å². The molecule has 1 fully saturated rings. The summed E-state index contributed by atoms with van der Waals surface area (Å²) in [6, 6.07) is 1.88. The van der Waals surface area contributed by atoms with Crippen LogP contribution >= 0.6 is 11.6 Å². The van der Waals surface area contributed by atoms with Gasteiger partial charge in [-0.2, -0.15) is 0 Å². The number of ether oxygens (including phenoxy) is 1. The van der Waals surface area contributed by atoms with Crippen molar-refractivity contribution in [1.29, 1.82) is 0 Å². The first-order valence-corrected chi connectivity index (χ1v) is 5.86. The van der Waals surface area contributed by atoms with E-state index in [0.29, 0.717) is 18.4 Å². The molecule has 0 aromatic carbocycles. The maximum Gasteiger partial charge on any atom is 0.251 e. The number of rotatable bonds is 4. The van der Waals surface area contributed by atoms with Gasteiger partial charge >= 0.3 is 0 Å². The van der Waals surface area contributed by atoms with Gasteiger partial charge in [0.05, 0.1) is 11.8 Å². The van der Waals surface area contributed by atoms with Gasteiger partial charge in [0.2, 0.25) is 0 Å². The van der Waals surface area contributed by atoms with Crippen LogP contribution in [0.1, 0.15) is 23.2 Å². The SMILES string of the molecule is NC(=O)c1cc(OC[C@H]2CCCN2)cnc1Cl. The molecule has 1 aliphatic heterocycles. The number of amides is 1. The van der Waals surface area contributed by atoms with E-state index >= 15 is 0 Å². The van der Waals surface area contributed by atoms with Gasteiger partial charge < -0.3 is 15.8 Å². The van der Waals surface area contributed by atoms with Crippen LogP contribution in [-0.2, 0) is 0 Å². The van der Waals surface area contributed by atoms with E-state index in [0.717, 1.165) is 13.0 Å². The molecule has 0 saturated carbocycles. The van der Waals surface area contributed by atoms with E-state index in [1.807, 2.05) is 0 Å². The summed E-state index contributed by atoms with van der Waals surface area (Å²) in [4.78, 5) is 14.9. The quantitative estimate of drug-likeness (QED) is 0.786. The lowest BCUT2D eigenvalue weighted by molar-refractivity contribution is 0.0999. The molecule has 1 aliphatic rings. The number of primary amides is 1. The Labute approximate surface area is 104 Å². The number of hydrogen-bond donors (Lipinski definition) is 2. The van der Waals surface area contributed by atoms with Crippen molar-refractivity contribution in [3.8, 4) is 5.75 Å². The highest BCUT2D eigenvalue weighted by atomic mass is 35.5. The summed E-state index contributed by atoms with van der Waals surface area (Å²) in [5, 5.41) is 3.41. The summed E-state index contributed by atoms with van der Waals surface area (Å²) in [7, 11) is 0. The van der Waals surface area contributed by atoms with Crippen molar-refractivity contribution in [2.24, 2.45) is 5.73 Å². The Bertz CT molecular complexity index is 419. The van der Waals surface area contributed by atoms with Gasteiger partial charge in [-0.05, 0) is 25.5 Å². The fourth-order valence-electron chi connectivity index (χ4n) is 1.78. The molecule has 3 N–H and O–H groups in total. The summed E-state index contributed by atoms with van der Waals surface area (Å²) in [5.74, 6) is -0.0937. The topological polar surface area (TPSA) is 77.2 Å². The van der Waals surface area contributed by atoms with E-state index in [4.69, 9.17) is 22.1 Å². The lowest BCUT2D eigenvalue weighted by Crippen LogP contribution is -2.28. The highest BCUT2D eigenvalue weighted by Gasteiger charge is 2.15. The van der Waals surface area contributed by atoms with Crippen LogP contribution in [0.3, 0.4) is 0 Å². The zero-order valence-corrected chi connectivity index (χ0v) is 10.0. The van der Waals surface area contributed by atoms with Crippen molar-refractivity contribution >= 4 is 17.5 Å².